The minimum Gasteiger partial charge on any atom is -0.350 e. The molecule has 7 heteroatoms. The third-order valence-electron chi connectivity index (χ3n) is 2.28. The summed E-state index contributed by atoms with van der Waals surface area (Å²) in [4.78, 5) is 23.5. The Morgan fingerprint density at radius 1 is 1.12 bits per heavy atom. The molecule has 0 aromatic heterocycles. The van der Waals surface area contributed by atoms with Gasteiger partial charge in [-0.05, 0) is 22.0 Å². The Hall–Kier alpha value is -1.50. The van der Waals surface area contributed by atoms with Gasteiger partial charge in [0.15, 0.2) is 0 Å². The Balaban J connectivity index is 2.36. The summed E-state index contributed by atoms with van der Waals surface area (Å²) in [5.41, 5.74) is 0.0153. The molecule has 0 aliphatic carbocycles. The average molecular weight is 305 g/mol. The van der Waals surface area contributed by atoms with E-state index in [9.17, 15) is 18.4 Å². The highest BCUT2D eigenvalue weighted by molar-refractivity contribution is 9.10. The number of imide groups is 1. The van der Waals surface area contributed by atoms with Crippen LogP contribution in [0.4, 0.5) is 14.5 Å². The van der Waals surface area contributed by atoms with Gasteiger partial charge in [-0.1, -0.05) is 0 Å². The molecule has 1 fully saturated rings. The molecule has 2 rings (SSSR count). The van der Waals surface area contributed by atoms with Gasteiger partial charge in [0.25, 0.3) is 0 Å². The molecular weight excluding hydrogens is 298 g/mol. The summed E-state index contributed by atoms with van der Waals surface area (Å²) in [7, 11) is 0. The van der Waals surface area contributed by atoms with Crippen molar-refractivity contribution < 1.29 is 18.4 Å². The Morgan fingerprint density at radius 2 is 1.71 bits per heavy atom. The number of benzene rings is 1. The first-order valence-electron chi connectivity index (χ1n) is 4.69. The Morgan fingerprint density at radius 3 is 2.29 bits per heavy atom. The van der Waals surface area contributed by atoms with Gasteiger partial charge in [-0.2, -0.15) is 0 Å². The van der Waals surface area contributed by atoms with Crippen molar-refractivity contribution in [2.45, 2.75) is 0 Å². The van der Waals surface area contributed by atoms with E-state index >= 15 is 0 Å². The number of nitrogens with one attached hydrogen (secondary N) is 1. The fraction of sp³-hybridized carbons (Fsp3) is 0.200. The number of nitrogens with zero attached hydrogens (tertiary/aromatic N) is 1. The van der Waals surface area contributed by atoms with Gasteiger partial charge in [0, 0.05) is 6.07 Å². The smallest absolute Gasteiger partial charge is 0.246 e. The van der Waals surface area contributed by atoms with E-state index in [1.165, 1.54) is 11.0 Å². The highest BCUT2D eigenvalue weighted by atomic mass is 79.9. The Kier molecular flexibility index (Phi) is 3.10. The van der Waals surface area contributed by atoms with Gasteiger partial charge in [-0.15, -0.1) is 0 Å². The molecule has 1 aromatic rings. The predicted octanol–water partition coefficient (Wildman–Crippen LogP) is 1.19. The quantitative estimate of drug-likeness (QED) is 0.626. The normalized spacial score (nSPS) is 16.1. The number of amides is 2. The first kappa shape index (κ1) is 12.0. The summed E-state index contributed by atoms with van der Waals surface area (Å²) in [5, 5.41) is 2.10. The number of anilines is 1. The summed E-state index contributed by atoms with van der Waals surface area (Å²) >= 11 is 2.92. The monoisotopic (exact) mass is 304 g/mol. The number of hydrogen-bond donors (Lipinski definition) is 1. The molecule has 0 unspecified atom stereocenters. The fourth-order valence-corrected chi connectivity index (χ4v) is 1.89. The summed E-state index contributed by atoms with van der Waals surface area (Å²) in [5.74, 6) is -2.57. The van der Waals surface area contributed by atoms with Crippen molar-refractivity contribution in [3.05, 3.63) is 28.2 Å². The SMILES string of the molecule is O=C1CN(c2cc(Br)c(F)cc2F)CC(=O)N1. The zero-order chi connectivity index (χ0) is 12.6. The number of hydrogen-bond acceptors (Lipinski definition) is 3. The lowest BCUT2D eigenvalue weighted by Gasteiger charge is -2.27. The van der Waals surface area contributed by atoms with Crippen LogP contribution >= 0.6 is 15.9 Å². The first-order chi connectivity index (χ1) is 7.97. The van der Waals surface area contributed by atoms with Gasteiger partial charge >= 0.3 is 0 Å². The molecule has 1 aromatic carbocycles. The summed E-state index contributed by atoms with van der Waals surface area (Å²) in [6.45, 7) is -0.276. The molecule has 1 N–H and O–H groups in total. The summed E-state index contributed by atoms with van der Waals surface area (Å²) in [6, 6.07) is 1.91. The van der Waals surface area contributed by atoms with Gasteiger partial charge in [0.1, 0.15) is 11.6 Å². The third-order valence-corrected chi connectivity index (χ3v) is 2.89. The van der Waals surface area contributed by atoms with Crippen molar-refractivity contribution in [1.29, 1.82) is 0 Å². The lowest BCUT2D eigenvalue weighted by molar-refractivity contribution is -0.130. The van der Waals surface area contributed by atoms with Crippen LogP contribution in [0.15, 0.2) is 16.6 Å². The van der Waals surface area contributed by atoms with Crippen molar-refractivity contribution in [3.63, 3.8) is 0 Å². The second-order valence-corrected chi connectivity index (χ2v) is 4.40. The Bertz CT molecular complexity index is 491. The van der Waals surface area contributed by atoms with Gasteiger partial charge in [-0.25, -0.2) is 8.78 Å². The van der Waals surface area contributed by atoms with Gasteiger partial charge in [-0.3, -0.25) is 14.9 Å². The molecule has 1 aliphatic rings. The molecule has 17 heavy (non-hydrogen) atoms. The largest absolute Gasteiger partial charge is 0.350 e. The van der Waals surface area contributed by atoms with Crippen LogP contribution in [0.2, 0.25) is 0 Å². The van der Waals surface area contributed by atoms with Gasteiger partial charge in [0.2, 0.25) is 11.8 Å². The molecule has 0 saturated carbocycles. The lowest BCUT2D eigenvalue weighted by Crippen LogP contribution is -2.51. The van der Waals surface area contributed by atoms with Crippen LogP contribution in [-0.2, 0) is 9.59 Å². The molecular formula is C10H7BrF2N2O2. The second-order valence-electron chi connectivity index (χ2n) is 3.55. The van der Waals surface area contributed by atoms with Crippen LogP contribution in [0.1, 0.15) is 0 Å². The summed E-state index contributed by atoms with van der Waals surface area (Å²) in [6.07, 6.45) is 0. The van der Waals surface area contributed by atoms with Crippen LogP contribution in [0, 0.1) is 11.6 Å². The van der Waals surface area contributed by atoms with Crippen LogP contribution in [0.3, 0.4) is 0 Å². The van der Waals surface area contributed by atoms with Gasteiger partial charge < -0.3 is 4.90 Å². The van der Waals surface area contributed by atoms with E-state index in [2.05, 4.69) is 21.2 Å². The maximum absolute atomic E-state index is 13.5. The standard InChI is InChI=1S/C10H7BrF2N2O2/c11-5-1-8(7(13)2-6(5)12)15-3-9(16)14-10(17)4-15/h1-2H,3-4H2,(H,14,16,17). The topological polar surface area (TPSA) is 49.4 Å². The molecule has 1 heterocycles. The lowest BCUT2D eigenvalue weighted by atomic mass is 10.2. The van der Waals surface area contributed by atoms with Crippen molar-refractivity contribution in [2.24, 2.45) is 0 Å². The van der Waals surface area contributed by atoms with E-state index in [4.69, 9.17) is 0 Å². The molecule has 2 amide bonds. The number of piperazine rings is 1. The average Bonchev–Trinajstić information content (AvgIpc) is 2.22. The van der Waals surface area contributed by atoms with E-state index in [1.807, 2.05) is 0 Å². The van der Waals surface area contributed by atoms with E-state index in [-0.39, 0.29) is 23.2 Å². The molecule has 4 nitrogen and oxygen atoms in total. The molecule has 0 spiro atoms. The first-order valence-corrected chi connectivity index (χ1v) is 5.49. The van der Waals surface area contributed by atoms with Crippen LogP contribution in [0.25, 0.3) is 0 Å². The second kappa shape index (κ2) is 4.40. The fourth-order valence-electron chi connectivity index (χ4n) is 1.56. The van der Waals surface area contributed by atoms with Crippen molar-refractivity contribution in [2.75, 3.05) is 18.0 Å². The van der Waals surface area contributed by atoms with Crippen molar-refractivity contribution >= 4 is 33.4 Å². The molecule has 1 aliphatic heterocycles. The molecule has 90 valence electrons. The summed E-state index contributed by atoms with van der Waals surface area (Å²) < 4.78 is 26.6. The molecule has 0 radical (unpaired) electrons. The number of rotatable bonds is 1. The van der Waals surface area contributed by atoms with Crippen LogP contribution in [-0.4, -0.2) is 24.9 Å². The predicted molar refractivity (Wildman–Crippen MR) is 59.4 cm³/mol. The van der Waals surface area contributed by atoms with E-state index in [0.717, 1.165) is 0 Å². The number of carbonyl (C=O) groups is 2. The molecule has 0 atom stereocenters. The van der Waals surface area contributed by atoms with E-state index in [0.29, 0.717) is 6.07 Å². The van der Waals surface area contributed by atoms with Crippen LogP contribution in [0.5, 0.6) is 0 Å². The van der Waals surface area contributed by atoms with E-state index < -0.39 is 23.4 Å². The highest BCUT2D eigenvalue weighted by Gasteiger charge is 2.25. The van der Waals surface area contributed by atoms with Crippen LogP contribution < -0.4 is 10.2 Å². The van der Waals surface area contributed by atoms with E-state index in [1.54, 1.807) is 0 Å². The van der Waals surface area contributed by atoms with Crippen molar-refractivity contribution in [1.82, 2.24) is 5.32 Å². The van der Waals surface area contributed by atoms with Crippen molar-refractivity contribution in [3.8, 4) is 0 Å². The minimum atomic E-state index is -0.812. The maximum Gasteiger partial charge on any atom is 0.246 e. The highest BCUT2D eigenvalue weighted by Crippen LogP contribution is 2.27. The zero-order valence-electron chi connectivity index (χ0n) is 8.47. The maximum atomic E-state index is 13.5. The molecule has 0 bridgehead atoms. The minimum absolute atomic E-state index is 0.0153. The van der Waals surface area contributed by atoms with Gasteiger partial charge in [0.05, 0.1) is 23.2 Å². The third kappa shape index (κ3) is 2.44. The number of carbonyl (C=O) groups excluding carboxylic acids is 2. The molecule has 1 saturated heterocycles. The zero-order valence-corrected chi connectivity index (χ0v) is 10.1. The number of halogens is 3. The Labute approximate surface area is 104 Å².